The summed E-state index contributed by atoms with van der Waals surface area (Å²) in [5, 5.41) is 24.2. The highest BCUT2D eigenvalue weighted by atomic mass is 32.2. The van der Waals surface area contributed by atoms with E-state index in [1.165, 1.54) is 11.8 Å². The van der Waals surface area contributed by atoms with Crippen molar-refractivity contribution in [2.45, 2.75) is 63.3 Å². The molecule has 4 aliphatic rings. The van der Waals surface area contributed by atoms with Crippen molar-refractivity contribution in [1.82, 2.24) is 9.97 Å². The van der Waals surface area contributed by atoms with Gasteiger partial charge >= 0.3 is 0 Å². The van der Waals surface area contributed by atoms with Gasteiger partial charge in [-0.1, -0.05) is 56.3 Å². The van der Waals surface area contributed by atoms with Crippen molar-refractivity contribution in [3.05, 3.63) is 48.1 Å². The zero-order valence-corrected chi connectivity index (χ0v) is 21.8. The van der Waals surface area contributed by atoms with Crippen LogP contribution in [-0.4, -0.2) is 49.2 Å². The molecule has 0 spiro atoms. The van der Waals surface area contributed by atoms with Crippen LogP contribution < -0.4 is 0 Å². The molecule has 190 valence electrons. The number of H-pyrrole nitrogens is 1. The molecule has 4 aliphatic carbocycles. The van der Waals surface area contributed by atoms with Crippen LogP contribution in [0, 0.1) is 34.5 Å². The van der Waals surface area contributed by atoms with Crippen molar-refractivity contribution in [3.63, 3.8) is 0 Å². The number of fused-ring (bicyclic) bond motifs is 6. The van der Waals surface area contributed by atoms with Gasteiger partial charge in [0, 0.05) is 16.7 Å². The van der Waals surface area contributed by atoms with Crippen LogP contribution in [0.4, 0.5) is 0 Å². The number of imidazole rings is 1. The maximum atomic E-state index is 13.6. The monoisotopic (exact) mass is 506 g/mol. The van der Waals surface area contributed by atoms with Gasteiger partial charge in [0.1, 0.15) is 5.60 Å². The van der Waals surface area contributed by atoms with Crippen LogP contribution in [0.1, 0.15) is 46.5 Å². The SMILES string of the molecule is C[C@H]1CC2C(C(O)CC3(C)C2CC[C@]3(O)C(=O)CSc2nc3ccccc3[nH]2)C2(C)C=CC(=O)C=C12. The number of aliphatic hydroxyl groups is 2. The number of hydrogen-bond acceptors (Lipinski definition) is 6. The smallest absolute Gasteiger partial charge is 0.178 e. The molecule has 7 heteroatoms. The van der Waals surface area contributed by atoms with E-state index >= 15 is 0 Å². The van der Waals surface area contributed by atoms with E-state index in [1.54, 1.807) is 12.2 Å². The lowest BCUT2D eigenvalue weighted by atomic mass is 9.45. The summed E-state index contributed by atoms with van der Waals surface area (Å²) >= 11 is 1.33. The number of thioether (sulfide) groups is 1. The van der Waals surface area contributed by atoms with Crippen LogP contribution in [0.2, 0.25) is 0 Å². The van der Waals surface area contributed by atoms with Crippen LogP contribution in [-0.2, 0) is 9.59 Å². The van der Waals surface area contributed by atoms with E-state index in [4.69, 9.17) is 0 Å². The Bertz CT molecular complexity index is 1280. The van der Waals surface area contributed by atoms with Crippen molar-refractivity contribution in [1.29, 1.82) is 0 Å². The highest BCUT2D eigenvalue weighted by Gasteiger charge is 2.68. The molecule has 3 N–H and O–H groups in total. The number of ketones is 2. The molecule has 1 aromatic heterocycles. The van der Waals surface area contributed by atoms with Gasteiger partial charge in [-0.2, -0.15) is 0 Å². The van der Waals surface area contributed by atoms with Gasteiger partial charge in [-0.05, 0) is 67.7 Å². The topological polar surface area (TPSA) is 103 Å². The second-order valence-electron chi connectivity index (χ2n) is 11.9. The number of hydrogen-bond donors (Lipinski definition) is 3. The first-order valence-corrected chi connectivity index (χ1v) is 14.0. The molecule has 1 heterocycles. The highest BCUT2D eigenvalue weighted by molar-refractivity contribution is 7.99. The normalized spacial score (nSPS) is 41.5. The number of aliphatic hydroxyl groups excluding tert-OH is 1. The molecule has 0 saturated heterocycles. The van der Waals surface area contributed by atoms with Crippen molar-refractivity contribution in [3.8, 4) is 0 Å². The molecule has 36 heavy (non-hydrogen) atoms. The molecule has 1 aromatic carbocycles. The second kappa shape index (κ2) is 8.14. The molecular weight excluding hydrogens is 472 g/mol. The van der Waals surface area contributed by atoms with Crippen LogP contribution in [0.3, 0.4) is 0 Å². The van der Waals surface area contributed by atoms with Gasteiger partial charge in [0.2, 0.25) is 0 Å². The van der Waals surface area contributed by atoms with Gasteiger partial charge in [0.05, 0.1) is 22.9 Å². The van der Waals surface area contributed by atoms with Gasteiger partial charge in [-0.25, -0.2) is 4.98 Å². The number of nitrogens with one attached hydrogen (secondary N) is 1. The Morgan fingerprint density at radius 2 is 2.06 bits per heavy atom. The second-order valence-corrected chi connectivity index (χ2v) is 12.9. The molecule has 6 nitrogen and oxygen atoms in total. The van der Waals surface area contributed by atoms with Crippen LogP contribution in [0.25, 0.3) is 11.0 Å². The quantitative estimate of drug-likeness (QED) is 0.529. The van der Waals surface area contributed by atoms with E-state index in [0.29, 0.717) is 18.0 Å². The first-order chi connectivity index (χ1) is 17.1. The summed E-state index contributed by atoms with van der Waals surface area (Å²) in [4.78, 5) is 33.6. The minimum Gasteiger partial charge on any atom is -0.393 e. The number of nitrogens with zero attached hydrogens (tertiary/aromatic N) is 1. The summed E-state index contributed by atoms with van der Waals surface area (Å²) < 4.78 is 0. The third kappa shape index (κ3) is 3.28. The third-order valence-electron chi connectivity index (χ3n) is 10.1. The Labute approximate surface area is 215 Å². The van der Waals surface area contributed by atoms with E-state index in [0.717, 1.165) is 29.4 Å². The predicted octanol–water partition coefficient (Wildman–Crippen LogP) is 4.48. The van der Waals surface area contributed by atoms with Crippen molar-refractivity contribution < 1.29 is 19.8 Å². The Balaban J connectivity index is 1.26. The number of aromatic amines is 1. The zero-order valence-electron chi connectivity index (χ0n) is 21.0. The Kier molecular flexibility index (Phi) is 5.46. The van der Waals surface area contributed by atoms with E-state index in [2.05, 4.69) is 23.8 Å². The summed E-state index contributed by atoms with van der Waals surface area (Å²) in [6, 6.07) is 7.75. The Hall–Kier alpha value is -2.22. The largest absolute Gasteiger partial charge is 0.393 e. The number of benzene rings is 1. The molecule has 0 amide bonds. The summed E-state index contributed by atoms with van der Waals surface area (Å²) in [6.07, 6.45) is 7.19. The number of aromatic nitrogens is 2. The minimum atomic E-state index is -1.47. The molecular formula is C29H34N2O4S. The minimum absolute atomic E-state index is 0.0192. The molecule has 6 unspecified atom stereocenters. The lowest BCUT2D eigenvalue weighted by Crippen LogP contribution is -2.62. The average molecular weight is 507 g/mol. The molecule has 2 aromatic rings. The van der Waals surface area contributed by atoms with Crippen molar-refractivity contribution >= 4 is 34.4 Å². The molecule has 0 bridgehead atoms. The van der Waals surface area contributed by atoms with E-state index in [1.807, 2.05) is 37.3 Å². The third-order valence-corrected chi connectivity index (χ3v) is 11.0. The fourth-order valence-corrected chi connectivity index (χ4v) is 9.32. The summed E-state index contributed by atoms with van der Waals surface area (Å²) in [6.45, 7) is 6.34. The average Bonchev–Trinajstić information content (AvgIpc) is 3.37. The van der Waals surface area contributed by atoms with E-state index in [9.17, 15) is 19.8 Å². The maximum Gasteiger partial charge on any atom is 0.178 e. The lowest BCUT2D eigenvalue weighted by Gasteiger charge is -2.60. The van der Waals surface area contributed by atoms with Gasteiger partial charge in [-0.3, -0.25) is 9.59 Å². The first kappa shape index (κ1) is 24.1. The van der Waals surface area contributed by atoms with Crippen molar-refractivity contribution in [2.24, 2.45) is 34.5 Å². The molecule has 6 rings (SSSR count). The molecule has 0 aliphatic heterocycles. The van der Waals surface area contributed by atoms with Gasteiger partial charge in [0.25, 0.3) is 0 Å². The number of para-hydroxylation sites is 2. The fraction of sp³-hybridized carbons (Fsp3) is 0.552. The molecule has 8 atom stereocenters. The summed E-state index contributed by atoms with van der Waals surface area (Å²) in [5.74, 6) is 0.487. The Morgan fingerprint density at radius 1 is 1.28 bits per heavy atom. The standard InChI is InChI=1S/C29H34N2O4S/c1-16-12-18-19-9-11-29(35,24(34)15-36-26-30-21-6-4-5-7-22(21)31-26)28(19,3)14-23(33)25(18)27(2)10-8-17(32)13-20(16)27/h4-8,10,13,16,18-19,23,25,33,35H,9,11-12,14-15H2,1-3H3,(H,30,31)/t16-,18?,19?,23?,25?,27?,28?,29-/m0/s1. The van der Waals surface area contributed by atoms with Crippen LogP contribution in [0.15, 0.2) is 53.2 Å². The molecule has 3 saturated carbocycles. The van der Waals surface area contributed by atoms with Gasteiger partial charge in [0.15, 0.2) is 16.7 Å². The molecule has 0 radical (unpaired) electrons. The maximum absolute atomic E-state index is 13.6. The zero-order chi connectivity index (χ0) is 25.5. The number of allylic oxidation sites excluding steroid dienone is 4. The van der Waals surface area contributed by atoms with Crippen LogP contribution >= 0.6 is 11.8 Å². The predicted molar refractivity (Wildman–Crippen MR) is 139 cm³/mol. The molecule has 3 fully saturated rings. The van der Waals surface area contributed by atoms with Gasteiger partial charge in [-0.15, -0.1) is 0 Å². The summed E-state index contributed by atoms with van der Waals surface area (Å²) in [5.41, 5.74) is 0.357. The fourth-order valence-electron chi connectivity index (χ4n) is 8.46. The summed E-state index contributed by atoms with van der Waals surface area (Å²) in [7, 11) is 0. The van der Waals surface area contributed by atoms with Gasteiger partial charge < -0.3 is 15.2 Å². The number of rotatable bonds is 4. The van der Waals surface area contributed by atoms with E-state index in [-0.39, 0.29) is 46.4 Å². The highest BCUT2D eigenvalue weighted by Crippen LogP contribution is 2.67. The van der Waals surface area contributed by atoms with Crippen LogP contribution in [0.5, 0.6) is 0 Å². The Morgan fingerprint density at radius 3 is 2.83 bits per heavy atom. The number of Topliss-reactive ketones (excluding diaryl/α,β-unsaturated/α-hetero) is 1. The van der Waals surface area contributed by atoms with E-state index < -0.39 is 17.1 Å². The number of carbonyl (C=O) groups excluding carboxylic acids is 2. The van der Waals surface area contributed by atoms with Crippen molar-refractivity contribution in [2.75, 3.05) is 5.75 Å². The lowest BCUT2D eigenvalue weighted by molar-refractivity contribution is -0.176. The first-order valence-electron chi connectivity index (χ1n) is 13.0. The number of carbonyl (C=O) groups is 2.